The average Bonchev–Trinajstić information content (AvgIpc) is 3.49. The smallest absolute Gasteiger partial charge is 0.325 e. The monoisotopic (exact) mass is 362 g/mol. The van der Waals surface area contributed by atoms with E-state index in [1.165, 1.54) is 0 Å². The molecule has 0 bridgehead atoms. The van der Waals surface area contributed by atoms with Gasteiger partial charge in [-0.1, -0.05) is 48.5 Å². The van der Waals surface area contributed by atoms with Crippen LogP contribution in [0.4, 0.5) is 0 Å². The van der Waals surface area contributed by atoms with E-state index in [9.17, 15) is 9.59 Å². The lowest BCUT2D eigenvalue weighted by molar-refractivity contribution is -0.678. The molecule has 0 saturated heterocycles. The maximum Gasteiger partial charge on any atom is 0.432 e. The van der Waals surface area contributed by atoms with Crippen molar-refractivity contribution in [3.63, 3.8) is 0 Å². The number of rotatable bonds is 6. The highest BCUT2D eigenvalue weighted by Gasteiger charge is 2.36. The summed E-state index contributed by atoms with van der Waals surface area (Å²) in [5.41, 5.74) is 1.67. The Hall–Kier alpha value is -3.41. The van der Waals surface area contributed by atoms with Crippen molar-refractivity contribution in [1.29, 1.82) is 0 Å². The average molecular weight is 362 g/mol. The van der Waals surface area contributed by atoms with E-state index in [4.69, 9.17) is 4.52 Å². The van der Waals surface area contributed by atoms with Crippen molar-refractivity contribution in [1.82, 2.24) is 10.2 Å². The van der Waals surface area contributed by atoms with Crippen molar-refractivity contribution < 1.29 is 14.0 Å². The van der Waals surface area contributed by atoms with E-state index in [-0.39, 0.29) is 18.5 Å². The molecule has 136 valence electrons. The Morgan fingerprint density at radius 2 is 1.78 bits per heavy atom. The summed E-state index contributed by atoms with van der Waals surface area (Å²) >= 11 is 0. The van der Waals surface area contributed by atoms with Crippen LogP contribution in [0.3, 0.4) is 0 Å². The van der Waals surface area contributed by atoms with E-state index in [1.54, 1.807) is 21.7 Å². The molecule has 4 rings (SSSR count). The van der Waals surface area contributed by atoms with Gasteiger partial charge in [0, 0.05) is 24.3 Å². The van der Waals surface area contributed by atoms with Crippen molar-refractivity contribution in [3.8, 4) is 5.69 Å². The third-order valence-corrected chi connectivity index (χ3v) is 4.56. The second-order valence-corrected chi connectivity index (χ2v) is 6.54. The Labute approximate surface area is 156 Å². The first-order valence-corrected chi connectivity index (χ1v) is 8.94. The topological polar surface area (TPSA) is 70.2 Å². The third-order valence-electron chi connectivity index (χ3n) is 4.56. The van der Waals surface area contributed by atoms with Gasteiger partial charge in [-0.25, -0.2) is 4.79 Å². The number of nitrogens with zero attached hydrogens (tertiary/aromatic N) is 2. The van der Waals surface area contributed by atoms with Gasteiger partial charge in [0.15, 0.2) is 0 Å². The zero-order valence-corrected chi connectivity index (χ0v) is 14.7. The fourth-order valence-electron chi connectivity index (χ4n) is 2.98. The molecule has 2 aromatic carbocycles. The van der Waals surface area contributed by atoms with E-state index in [0.29, 0.717) is 5.69 Å². The predicted molar refractivity (Wildman–Crippen MR) is 99.9 cm³/mol. The fourth-order valence-corrected chi connectivity index (χ4v) is 2.98. The lowest BCUT2D eigenvalue weighted by atomic mass is 10.2. The van der Waals surface area contributed by atoms with Crippen molar-refractivity contribution in [2.75, 3.05) is 0 Å². The lowest BCUT2D eigenvalue weighted by Crippen LogP contribution is -2.43. The summed E-state index contributed by atoms with van der Waals surface area (Å²) in [6.45, 7) is 0.198. The number of carbonyl (C=O) groups excluding carboxylic acids is 1. The molecule has 1 aliphatic rings. The Kier molecular flexibility index (Phi) is 4.70. The molecule has 0 aliphatic heterocycles. The zero-order chi connectivity index (χ0) is 18.6. The minimum Gasteiger partial charge on any atom is -0.325 e. The van der Waals surface area contributed by atoms with Crippen molar-refractivity contribution >= 4 is 12.0 Å². The van der Waals surface area contributed by atoms with Gasteiger partial charge in [-0.05, 0) is 34.4 Å². The highest BCUT2D eigenvalue weighted by Crippen LogP contribution is 2.28. The van der Waals surface area contributed by atoms with Gasteiger partial charge >= 0.3 is 11.3 Å². The summed E-state index contributed by atoms with van der Waals surface area (Å²) in [7, 11) is 0. The number of carbonyl (C=O) groups is 1. The molecular formula is C21H20N3O3+. The first-order valence-electron chi connectivity index (χ1n) is 8.94. The highest BCUT2D eigenvalue weighted by atomic mass is 16.5. The molecule has 1 amide bonds. The fraction of sp³-hybridized carbons (Fsp3) is 0.190. The summed E-state index contributed by atoms with van der Waals surface area (Å²) in [5, 5.41) is 2.62. The lowest BCUT2D eigenvalue weighted by Gasteiger charge is -2.17. The number of hydrogen-bond acceptors (Lipinski definition) is 3. The molecule has 3 aromatic rings. The number of amides is 1. The van der Waals surface area contributed by atoms with Gasteiger partial charge in [-0.15, -0.1) is 0 Å². The van der Waals surface area contributed by atoms with Gasteiger partial charge in [0.05, 0.1) is 0 Å². The van der Waals surface area contributed by atoms with E-state index >= 15 is 0 Å². The SMILES string of the molecule is O=C(/C=C/c1ccccc1)N(Cc1c(=O)o[nH][n+]1-c1ccccc1)C1CC1. The van der Waals surface area contributed by atoms with Crippen molar-refractivity contribution in [2.24, 2.45) is 0 Å². The molecular weight excluding hydrogens is 342 g/mol. The molecule has 1 aliphatic carbocycles. The zero-order valence-electron chi connectivity index (χ0n) is 14.7. The van der Waals surface area contributed by atoms with E-state index in [2.05, 4.69) is 5.27 Å². The number of nitrogens with one attached hydrogen (secondary N) is 1. The first kappa shape index (κ1) is 17.0. The minimum atomic E-state index is -0.468. The maximum atomic E-state index is 12.8. The van der Waals surface area contributed by atoms with Crippen LogP contribution in [0.2, 0.25) is 0 Å². The van der Waals surface area contributed by atoms with Gasteiger partial charge in [0.2, 0.25) is 11.6 Å². The maximum absolute atomic E-state index is 12.8. The number of benzene rings is 2. The molecule has 6 nitrogen and oxygen atoms in total. The number of aromatic amines is 1. The van der Waals surface area contributed by atoms with E-state index in [0.717, 1.165) is 24.1 Å². The van der Waals surface area contributed by atoms with Crippen LogP contribution >= 0.6 is 0 Å². The van der Waals surface area contributed by atoms with Crippen LogP contribution in [0.5, 0.6) is 0 Å². The summed E-state index contributed by atoms with van der Waals surface area (Å²) in [6.07, 6.45) is 5.26. The van der Waals surface area contributed by atoms with Gasteiger partial charge < -0.3 is 4.90 Å². The molecule has 1 aromatic heterocycles. The van der Waals surface area contributed by atoms with Crippen LogP contribution in [-0.4, -0.2) is 22.1 Å². The predicted octanol–water partition coefficient (Wildman–Crippen LogP) is 2.45. The van der Waals surface area contributed by atoms with E-state index in [1.807, 2.05) is 60.7 Å². The quantitative estimate of drug-likeness (QED) is 0.541. The minimum absolute atomic E-state index is 0.110. The number of hydrogen-bond donors (Lipinski definition) is 1. The Balaban J connectivity index is 1.58. The number of H-pyrrole nitrogens is 1. The van der Waals surface area contributed by atoms with Crippen LogP contribution in [0.25, 0.3) is 11.8 Å². The summed E-state index contributed by atoms with van der Waals surface area (Å²) < 4.78 is 6.58. The van der Waals surface area contributed by atoms with Gasteiger partial charge in [-0.3, -0.25) is 9.32 Å². The van der Waals surface area contributed by atoms with Crippen molar-refractivity contribution in [3.05, 3.63) is 88.4 Å². The van der Waals surface area contributed by atoms with Crippen molar-refractivity contribution in [2.45, 2.75) is 25.4 Å². The number of aromatic nitrogens is 2. The standard InChI is InChI=1S/C21H19N3O3/c25-20(14-11-16-7-3-1-4-8-16)23(17-12-13-17)15-19-21(26)27-22-24(19)18-9-5-2-6-10-18/h1-11,14,17H,12-13,15H2/p+1/b14-11+. The Morgan fingerprint density at radius 3 is 2.44 bits per heavy atom. The molecule has 6 heteroatoms. The number of para-hydroxylation sites is 1. The van der Waals surface area contributed by atoms with E-state index < -0.39 is 5.63 Å². The second-order valence-electron chi connectivity index (χ2n) is 6.54. The molecule has 1 saturated carbocycles. The summed E-state index contributed by atoms with van der Waals surface area (Å²) in [4.78, 5) is 26.7. The van der Waals surface area contributed by atoms with Crippen LogP contribution in [0.15, 0.2) is 76.1 Å². The summed E-state index contributed by atoms with van der Waals surface area (Å²) in [5.74, 6) is -0.110. The summed E-state index contributed by atoms with van der Waals surface area (Å²) in [6, 6.07) is 19.2. The Morgan fingerprint density at radius 1 is 1.11 bits per heavy atom. The molecule has 1 heterocycles. The molecule has 0 radical (unpaired) electrons. The van der Waals surface area contributed by atoms with Crippen LogP contribution in [0.1, 0.15) is 24.1 Å². The molecule has 0 unspecified atom stereocenters. The van der Waals surface area contributed by atoms with Crippen LogP contribution in [-0.2, 0) is 11.3 Å². The second kappa shape index (κ2) is 7.45. The molecule has 0 spiro atoms. The van der Waals surface area contributed by atoms with Gasteiger partial charge in [0.1, 0.15) is 6.54 Å². The first-order chi connectivity index (χ1) is 13.2. The molecule has 1 N–H and O–H groups in total. The highest BCUT2D eigenvalue weighted by molar-refractivity contribution is 5.92. The largest absolute Gasteiger partial charge is 0.432 e. The molecule has 0 atom stereocenters. The molecule has 1 fully saturated rings. The van der Waals surface area contributed by atoms with Gasteiger partial charge in [-0.2, -0.15) is 0 Å². The molecule has 27 heavy (non-hydrogen) atoms. The van der Waals surface area contributed by atoms with Crippen LogP contribution in [0, 0.1) is 0 Å². The Bertz CT molecular complexity index is 1000. The normalized spacial score (nSPS) is 13.8. The van der Waals surface area contributed by atoms with Gasteiger partial charge in [0.25, 0.3) is 0 Å². The third kappa shape index (κ3) is 3.89. The van der Waals surface area contributed by atoms with Crippen LogP contribution < -0.4 is 10.3 Å².